The molecule has 0 unspecified atom stereocenters. The lowest BCUT2D eigenvalue weighted by atomic mass is 10.3. The van der Waals surface area contributed by atoms with Crippen LogP contribution in [0.1, 0.15) is 11.4 Å². The summed E-state index contributed by atoms with van der Waals surface area (Å²) < 4.78 is 5.60. The van der Waals surface area contributed by atoms with E-state index < -0.39 is 4.92 Å². The average molecular weight is 310 g/mol. The van der Waals surface area contributed by atoms with E-state index in [1.807, 2.05) is 0 Å². The molecular weight excluding hydrogens is 298 g/mol. The highest BCUT2D eigenvalue weighted by atomic mass is 35.5. The van der Waals surface area contributed by atoms with Crippen LogP contribution in [-0.4, -0.2) is 14.9 Å². The minimum absolute atomic E-state index is 0.113. The number of hydrogen-bond donors (Lipinski definition) is 2. The second-order valence-electron chi connectivity index (χ2n) is 4.17. The number of anilines is 1. The van der Waals surface area contributed by atoms with Gasteiger partial charge in [0.25, 0.3) is 5.69 Å². The van der Waals surface area contributed by atoms with E-state index >= 15 is 0 Å². The lowest BCUT2D eigenvalue weighted by Crippen LogP contribution is -2.12. The van der Waals surface area contributed by atoms with Crippen LogP contribution in [0.4, 0.5) is 11.5 Å². The third-order valence-corrected chi connectivity index (χ3v) is 2.98. The molecule has 3 N–H and O–H groups in total. The molecule has 9 heteroatoms. The number of non-ortho nitro benzene ring substituents is 1. The molecule has 2 rings (SSSR count). The van der Waals surface area contributed by atoms with Crippen molar-refractivity contribution in [1.82, 2.24) is 9.97 Å². The van der Waals surface area contributed by atoms with E-state index in [0.29, 0.717) is 17.2 Å². The predicted molar refractivity (Wildman–Crippen MR) is 77.5 cm³/mol. The number of benzene rings is 1. The summed E-state index contributed by atoms with van der Waals surface area (Å²) in [5.74, 6) is 6.78. The molecule has 110 valence electrons. The van der Waals surface area contributed by atoms with E-state index in [4.69, 9.17) is 22.2 Å². The summed E-state index contributed by atoms with van der Waals surface area (Å²) >= 11 is 5.98. The number of ether oxygens (including phenoxy) is 1. The molecule has 0 aliphatic carbocycles. The average Bonchev–Trinajstić information content (AvgIpc) is 2.44. The van der Waals surface area contributed by atoms with Crippen molar-refractivity contribution in [2.45, 2.75) is 13.8 Å². The molecule has 0 saturated heterocycles. The molecular formula is C12H12ClN5O3. The Labute approximate surface area is 125 Å². The minimum Gasteiger partial charge on any atom is -0.437 e. The van der Waals surface area contributed by atoms with Crippen LogP contribution in [0.3, 0.4) is 0 Å². The Kier molecular flexibility index (Phi) is 4.20. The largest absolute Gasteiger partial charge is 0.437 e. The number of aromatic nitrogens is 2. The molecule has 0 aliphatic heterocycles. The van der Waals surface area contributed by atoms with Gasteiger partial charge in [-0.3, -0.25) is 10.1 Å². The number of nitrogen functional groups attached to an aromatic ring is 1. The van der Waals surface area contributed by atoms with Gasteiger partial charge in [0.15, 0.2) is 0 Å². The third-order valence-electron chi connectivity index (χ3n) is 2.68. The van der Waals surface area contributed by atoms with E-state index in [1.54, 1.807) is 13.8 Å². The van der Waals surface area contributed by atoms with Crippen LogP contribution in [0.25, 0.3) is 0 Å². The number of nitrogens with zero attached hydrogens (tertiary/aromatic N) is 3. The Hall–Kier alpha value is -2.45. The zero-order chi connectivity index (χ0) is 15.6. The fourth-order valence-corrected chi connectivity index (χ4v) is 1.85. The molecule has 1 heterocycles. The highest BCUT2D eigenvalue weighted by Crippen LogP contribution is 2.33. The van der Waals surface area contributed by atoms with Gasteiger partial charge >= 0.3 is 0 Å². The van der Waals surface area contributed by atoms with Crippen molar-refractivity contribution in [3.8, 4) is 11.6 Å². The number of aryl methyl sites for hydroxylation is 1. The molecule has 21 heavy (non-hydrogen) atoms. The topological polar surface area (TPSA) is 116 Å². The van der Waals surface area contributed by atoms with Gasteiger partial charge < -0.3 is 10.2 Å². The Morgan fingerprint density at radius 1 is 1.38 bits per heavy atom. The summed E-state index contributed by atoms with van der Waals surface area (Å²) in [5, 5.41) is 10.8. The maximum Gasteiger partial charge on any atom is 0.271 e. The summed E-state index contributed by atoms with van der Waals surface area (Å²) in [4.78, 5) is 18.4. The van der Waals surface area contributed by atoms with Crippen LogP contribution in [0, 0.1) is 24.0 Å². The number of nitrogens with one attached hydrogen (secondary N) is 1. The van der Waals surface area contributed by atoms with Gasteiger partial charge in [-0.05, 0) is 19.9 Å². The number of halogens is 1. The minimum atomic E-state index is -0.536. The first-order valence-electron chi connectivity index (χ1n) is 5.86. The first kappa shape index (κ1) is 14.9. The van der Waals surface area contributed by atoms with E-state index in [9.17, 15) is 10.1 Å². The number of nitro benzene ring substituents is 1. The third kappa shape index (κ3) is 3.18. The molecule has 0 aliphatic rings. The summed E-state index contributed by atoms with van der Waals surface area (Å²) in [5.41, 5.74) is 2.92. The molecule has 2 aromatic rings. The van der Waals surface area contributed by atoms with Crippen LogP contribution in [-0.2, 0) is 0 Å². The van der Waals surface area contributed by atoms with Crippen molar-refractivity contribution < 1.29 is 9.66 Å². The highest BCUT2D eigenvalue weighted by molar-refractivity contribution is 6.32. The smallest absolute Gasteiger partial charge is 0.271 e. The van der Waals surface area contributed by atoms with Gasteiger partial charge in [0, 0.05) is 12.1 Å². The predicted octanol–water partition coefficient (Wildman–Crippen LogP) is 2.73. The molecule has 0 fully saturated rings. The summed E-state index contributed by atoms with van der Waals surface area (Å²) in [6.07, 6.45) is 0. The van der Waals surface area contributed by atoms with Crippen molar-refractivity contribution in [3.63, 3.8) is 0 Å². The zero-order valence-electron chi connectivity index (χ0n) is 11.3. The summed E-state index contributed by atoms with van der Waals surface area (Å²) in [6.45, 7) is 3.41. The lowest BCUT2D eigenvalue weighted by molar-refractivity contribution is -0.384. The van der Waals surface area contributed by atoms with Crippen molar-refractivity contribution in [3.05, 3.63) is 44.7 Å². The van der Waals surface area contributed by atoms with Crippen LogP contribution < -0.4 is 16.0 Å². The van der Waals surface area contributed by atoms with Crippen molar-refractivity contribution in [2.75, 3.05) is 5.43 Å². The fourth-order valence-electron chi connectivity index (χ4n) is 1.63. The maximum absolute atomic E-state index is 10.7. The van der Waals surface area contributed by atoms with Gasteiger partial charge in [0.2, 0.25) is 5.88 Å². The Morgan fingerprint density at radius 3 is 2.67 bits per heavy atom. The van der Waals surface area contributed by atoms with Gasteiger partial charge in [-0.15, -0.1) is 0 Å². The molecule has 8 nitrogen and oxygen atoms in total. The molecule has 0 saturated carbocycles. The molecule has 0 spiro atoms. The van der Waals surface area contributed by atoms with Crippen LogP contribution in [0.2, 0.25) is 5.02 Å². The van der Waals surface area contributed by atoms with Gasteiger partial charge in [0.1, 0.15) is 17.4 Å². The standard InChI is InChI=1S/C12H12ClN5O3/c1-6-11(17-14)15-7(2)16-12(6)21-10-4-3-8(18(19)20)5-9(10)13/h3-5H,14H2,1-2H3,(H,15,16,17). The van der Waals surface area contributed by atoms with Crippen molar-refractivity contribution in [2.24, 2.45) is 5.84 Å². The lowest BCUT2D eigenvalue weighted by Gasteiger charge is -2.12. The molecule has 1 aromatic heterocycles. The molecule has 0 bridgehead atoms. The SMILES string of the molecule is Cc1nc(NN)c(C)c(Oc2ccc([N+](=O)[O-])cc2Cl)n1. The summed E-state index contributed by atoms with van der Waals surface area (Å²) in [6, 6.07) is 3.92. The Balaban J connectivity index is 2.39. The first-order chi connectivity index (χ1) is 9.92. The molecule has 0 amide bonds. The fraction of sp³-hybridized carbons (Fsp3) is 0.167. The van der Waals surface area contributed by atoms with Gasteiger partial charge in [-0.1, -0.05) is 11.6 Å². The van der Waals surface area contributed by atoms with E-state index in [0.717, 1.165) is 0 Å². The van der Waals surface area contributed by atoms with Crippen molar-refractivity contribution in [1.29, 1.82) is 0 Å². The number of nitrogens with two attached hydrogens (primary N) is 1. The Bertz CT molecular complexity index is 708. The summed E-state index contributed by atoms with van der Waals surface area (Å²) in [7, 11) is 0. The molecule has 0 atom stereocenters. The Morgan fingerprint density at radius 2 is 2.10 bits per heavy atom. The quantitative estimate of drug-likeness (QED) is 0.506. The van der Waals surface area contributed by atoms with Gasteiger partial charge in [0.05, 0.1) is 15.5 Å². The van der Waals surface area contributed by atoms with Crippen LogP contribution >= 0.6 is 11.6 Å². The van der Waals surface area contributed by atoms with Crippen LogP contribution in [0.5, 0.6) is 11.6 Å². The van der Waals surface area contributed by atoms with E-state index in [1.165, 1.54) is 18.2 Å². The van der Waals surface area contributed by atoms with Crippen molar-refractivity contribution >= 4 is 23.1 Å². The molecule has 0 radical (unpaired) electrons. The number of nitro groups is 1. The van der Waals surface area contributed by atoms with Crippen LogP contribution in [0.15, 0.2) is 18.2 Å². The molecule has 1 aromatic carbocycles. The first-order valence-corrected chi connectivity index (χ1v) is 6.24. The van der Waals surface area contributed by atoms with Gasteiger partial charge in [-0.25, -0.2) is 10.8 Å². The second kappa shape index (κ2) is 5.90. The number of hydrazine groups is 1. The highest BCUT2D eigenvalue weighted by Gasteiger charge is 2.15. The zero-order valence-corrected chi connectivity index (χ0v) is 12.0. The maximum atomic E-state index is 10.7. The van der Waals surface area contributed by atoms with E-state index in [-0.39, 0.29) is 22.3 Å². The number of rotatable bonds is 4. The normalized spacial score (nSPS) is 10.3. The van der Waals surface area contributed by atoms with E-state index in [2.05, 4.69) is 15.4 Å². The monoisotopic (exact) mass is 309 g/mol. The van der Waals surface area contributed by atoms with Gasteiger partial charge in [-0.2, -0.15) is 4.98 Å². The number of hydrogen-bond acceptors (Lipinski definition) is 7. The second-order valence-corrected chi connectivity index (χ2v) is 4.58.